The number of Topliss-reactive ketones (excluding diaryl/α,β-unsaturated/α-hetero) is 3. The van der Waals surface area contributed by atoms with E-state index in [1.807, 2.05) is 90.6 Å². The summed E-state index contributed by atoms with van der Waals surface area (Å²) in [5.41, 5.74) is 16.2. The number of nitrogens with two attached hydrogens (primary N) is 2. The van der Waals surface area contributed by atoms with Crippen molar-refractivity contribution in [3.63, 3.8) is 0 Å². The molecule has 9 unspecified atom stereocenters. The highest BCUT2D eigenvalue weighted by Gasteiger charge is 2.43. The molecule has 2 aromatic heterocycles. The number of ketones is 3. The number of carbonyl (C=O) groups excluding carboxylic acids is 8. The number of hydrogen-bond acceptors (Lipinski definition) is 12. The second kappa shape index (κ2) is 28.1. The van der Waals surface area contributed by atoms with Crippen molar-refractivity contribution in [3.8, 4) is 0 Å². The standard InChI is InChI=1S/C59H75N11O8S/c1-35(56(75)67-49(28-40-31-64-46-19-9-7-17-44(40)46)52(73)29-37(24-36-13-3-2-4-14-36)57(76)66-47(55(61)74)20-11-12-22-60)23-51(72)48(27-39-30-63-45-18-8-6-16-43(39)45)68-58(77)38(25-41-32-62-34-65-41)26-42(71)15-5-10-21-53-54-50(33-79-53)69-59(78)70-54/h2-4,6-9,13-14,16-19,30-31,35,37-38,47-50,53-54,62-64H,5,10-12,15,20-29,32-34,60H2,1H3,(H2,61,74)(H,66,76)(H,67,75)(H,68,77)(H2,69,70,78). The van der Waals surface area contributed by atoms with Crippen molar-refractivity contribution >= 4 is 86.3 Å². The highest BCUT2D eigenvalue weighted by atomic mass is 32.2. The van der Waals surface area contributed by atoms with E-state index in [2.05, 4.69) is 46.9 Å². The third-order valence-corrected chi connectivity index (χ3v) is 17.0. The Morgan fingerprint density at radius 2 is 1.29 bits per heavy atom. The largest absolute Gasteiger partial charge is 0.368 e. The summed E-state index contributed by atoms with van der Waals surface area (Å²) < 4.78 is 0. The molecule has 0 aliphatic carbocycles. The number of para-hydroxylation sites is 2. The van der Waals surface area contributed by atoms with E-state index in [1.54, 1.807) is 19.3 Å². The maximum Gasteiger partial charge on any atom is 0.315 e. The lowest BCUT2D eigenvalue weighted by Crippen LogP contribution is -2.49. The van der Waals surface area contributed by atoms with Gasteiger partial charge < -0.3 is 48.0 Å². The number of hydrogen-bond donors (Lipinski definition) is 10. The molecule has 9 atom stereocenters. The number of aliphatic imine (C=N–C) groups is 1. The van der Waals surface area contributed by atoms with Crippen molar-refractivity contribution in [2.45, 2.75) is 132 Å². The molecule has 6 amide bonds. The van der Waals surface area contributed by atoms with Crippen LogP contribution in [0.25, 0.3) is 21.8 Å². The van der Waals surface area contributed by atoms with E-state index in [-0.39, 0.29) is 86.9 Å². The van der Waals surface area contributed by atoms with Gasteiger partial charge in [-0.05, 0) is 80.3 Å². The zero-order valence-corrected chi connectivity index (χ0v) is 45.7. The van der Waals surface area contributed by atoms with Crippen LogP contribution in [0.4, 0.5) is 4.79 Å². The van der Waals surface area contributed by atoms with Crippen LogP contribution in [0.5, 0.6) is 0 Å². The second-order valence-electron chi connectivity index (χ2n) is 21.4. The van der Waals surface area contributed by atoms with E-state index in [4.69, 9.17) is 11.5 Å². The Hall–Kier alpha value is -7.16. The molecule has 0 radical (unpaired) electrons. The van der Waals surface area contributed by atoms with Gasteiger partial charge in [0.1, 0.15) is 11.8 Å². The maximum absolute atomic E-state index is 14.8. The number of thioether (sulfide) groups is 1. The molecular formula is C59H75N11O8S. The van der Waals surface area contributed by atoms with E-state index in [0.29, 0.717) is 39.0 Å². The van der Waals surface area contributed by atoms with E-state index >= 15 is 0 Å². The average Bonchev–Trinajstić information content (AvgIpc) is 4.31. The number of aromatic nitrogens is 2. The number of nitrogens with zero attached hydrogens (tertiary/aromatic N) is 1. The van der Waals surface area contributed by atoms with E-state index in [9.17, 15) is 38.4 Å². The normalized spacial score (nSPS) is 19.0. The van der Waals surface area contributed by atoms with Crippen LogP contribution < -0.4 is 43.4 Å². The molecular weight excluding hydrogens is 1020 g/mol. The van der Waals surface area contributed by atoms with Crippen LogP contribution >= 0.6 is 11.8 Å². The Morgan fingerprint density at radius 1 is 0.684 bits per heavy atom. The number of unbranched alkanes of at least 4 members (excludes halogenated alkanes) is 2. The van der Waals surface area contributed by atoms with Crippen molar-refractivity contribution in [1.82, 2.24) is 41.9 Å². The Morgan fingerprint density at radius 3 is 1.92 bits per heavy atom. The van der Waals surface area contributed by atoms with Gasteiger partial charge in [0, 0.05) is 108 Å². The van der Waals surface area contributed by atoms with Crippen LogP contribution in [0.15, 0.2) is 96.2 Å². The number of rotatable bonds is 32. The molecule has 3 aliphatic heterocycles. The number of urea groups is 1. The van der Waals surface area contributed by atoms with Gasteiger partial charge in [0.25, 0.3) is 0 Å². The van der Waals surface area contributed by atoms with Gasteiger partial charge in [-0.1, -0.05) is 80.1 Å². The summed E-state index contributed by atoms with van der Waals surface area (Å²) in [6.07, 6.45) is 7.55. The van der Waals surface area contributed by atoms with Crippen molar-refractivity contribution < 1.29 is 38.4 Å². The monoisotopic (exact) mass is 1100 g/mol. The zero-order valence-electron chi connectivity index (χ0n) is 44.9. The average molecular weight is 1100 g/mol. The smallest absolute Gasteiger partial charge is 0.315 e. The van der Waals surface area contributed by atoms with E-state index in [0.717, 1.165) is 62.8 Å². The predicted octanol–water partition coefficient (Wildman–Crippen LogP) is 4.61. The molecule has 0 spiro atoms. The van der Waals surface area contributed by atoms with Crippen LogP contribution in [0.3, 0.4) is 0 Å². The lowest BCUT2D eigenvalue weighted by atomic mass is 9.88. The highest BCUT2D eigenvalue weighted by molar-refractivity contribution is 8.00. The molecule has 0 bridgehead atoms. The van der Waals surface area contributed by atoms with Crippen LogP contribution in [-0.2, 0) is 52.8 Å². The third kappa shape index (κ3) is 16.0. The van der Waals surface area contributed by atoms with Crippen molar-refractivity contribution in [2.24, 2.45) is 34.2 Å². The lowest BCUT2D eigenvalue weighted by Gasteiger charge is -2.25. The summed E-state index contributed by atoms with van der Waals surface area (Å²) in [7, 11) is 0. The molecule has 420 valence electrons. The number of benzene rings is 3. The number of primary amides is 1. The van der Waals surface area contributed by atoms with Gasteiger partial charge in [-0.3, -0.25) is 43.9 Å². The number of H-pyrrole nitrogens is 2. The maximum atomic E-state index is 14.8. The van der Waals surface area contributed by atoms with Crippen molar-refractivity contribution in [3.05, 3.63) is 108 Å². The van der Waals surface area contributed by atoms with Crippen molar-refractivity contribution in [1.29, 1.82) is 0 Å². The van der Waals surface area contributed by atoms with Gasteiger partial charge >= 0.3 is 6.03 Å². The van der Waals surface area contributed by atoms with Crippen LogP contribution in [0.2, 0.25) is 0 Å². The molecule has 2 saturated heterocycles. The fourth-order valence-electron chi connectivity index (χ4n) is 11.1. The van der Waals surface area contributed by atoms with Gasteiger partial charge in [0.2, 0.25) is 23.6 Å². The fraction of sp³-hybridized carbons (Fsp3) is 0.475. The van der Waals surface area contributed by atoms with Gasteiger partial charge in [-0.25, -0.2) is 4.79 Å². The third-order valence-electron chi connectivity index (χ3n) is 15.5. The molecule has 8 rings (SSSR count). The van der Waals surface area contributed by atoms with E-state index < -0.39 is 71.1 Å². The van der Waals surface area contributed by atoms with Gasteiger partial charge in [0.15, 0.2) is 11.6 Å². The molecule has 79 heavy (non-hydrogen) atoms. The van der Waals surface area contributed by atoms with Crippen LogP contribution in [0.1, 0.15) is 94.2 Å². The molecule has 2 fully saturated rings. The molecule has 19 nitrogen and oxygen atoms in total. The summed E-state index contributed by atoms with van der Waals surface area (Å²) in [6, 6.07) is 21.3. The van der Waals surface area contributed by atoms with E-state index in [1.165, 1.54) is 0 Å². The van der Waals surface area contributed by atoms with Gasteiger partial charge in [-0.2, -0.15) is 11.8 Å². The summed E-state index contributed by atoms with van der Waals surface area (Å²) in [5.74, 6) is -5.06. The first kappa shape index (κ1) is 58.0. The Bertz CT molecular complexity index is 3000. The summed E-state index contributed by atoms with van der Waals surface area (Å²) >= 11 is 1.83. The number of aromatic amines is 2. The first-order chi connectivity index (χ1) is 38.2. The summed E-state index contributed by atoms with van der Waals surface area (Å²) in [5, 5.41) is 19.9. The number of nitrogens with one attached hydrogen (secondary N) is 8. The predicted molar refractivity (Wildman–Crippen MR) is 306 cm³/mol. The van der Waals surface area contributed by atoms with Crippen LogP contribution in [0, 0.1) is 17.8 Å². The molecule has 20 heteroatoms. The quantitative estimate of drug-likeness (QED) is 0.0210. The number of carbonyl (C=O) groups is 8. The van der Waals surface area contributed by atoms with Gasteiger partial charge in [-0.15, -0.1) is 0 Å². The van der Waals surface area contributed by atoms with Crippen LogP contribution in [-0.4, -0.2) is 124 Å². The first-order valence-corrected chi connectivity index (χ1v) is 28.8. The Labute approximate surface area is 464 Å². The second-order valence-corrected chi connectivity index (χ2v) is 22.7. The Kier molecular flexibility index (Phi) is 20.6. The first-order valence-electron chi connectivity index (χ1n) is 27.8. The number of amides is 6. The van der Waals surface area contributed by atoms with Gasteiger partial charge in [0.05, 0.1) is 36.8 Å². The SMILES string of the molecule is CC(CC(=O)C(Cc1c[nH]c2ccccc12)NC(=O)C(CC(=O)CCCCC1SCC2NC(=O)NC21)CC1=NCNC1)C(=O)NC(Cc1c[nH]c2ccccc12)C(=O)CC(Cc1ccccc1)C(=O)NC(CCCCN)C(N)=O. The Balaban J connectivity index is 0.979. The topological polar surface area (TPSA) is 305 Å². The van der Waals surface area contributed by atoms with Crippen molar-refractivity contribution in [2.75, 3.05) is 25.5 Å². The minimum atomic E-state index is -1.14. The highest BCUT2D eigenvalue weighted by Crippen LogP contribution is 2.33. The molecule has 5 heterocycles. The molecule has 12 N–H and O–H groups in total. The molecule has 5 aromatic rings. The summed E-state index contributed by atoms with van der Waals surface area (Å²) in [6.45, 7) is 2.89. The molecule has 3 aromatic carbocycles. The lowest BCUT2D eigenvalue weighted by molar-refractivity contribution is -0.135. The number of fused-ring (bicyclic) bond motifs is 3. The summed E-state index contributed by atoms with van der Waals surface area (Å²) in [4.78, 5) is 122. The fourth-order valence-corrected chi connectivity index (χ4v) is 12.6. The minimum Gasteiger partial charge on any atom is -0.368 e. The molecule has 3 aliphatic rings. The minimum absolute atomic E-state index is 0.0409. The molecule has 0 saturated carbocycles. The zero-order chi connectivity index (χ0) is 55.8.